The van der Waals surface area contributed by atoms with E-state index in [-0.39, 0.29) is 0 Å². The molecule has 0 aliphatic rings. The predicted octanol–water partition coefficient (Wildman–Crippen LogP) is 3.83. The molecule has 0 bridgehead atoms. The molecule has 15 heavy (non-hydrogen) atoms. The summed E-state index contributed by atoms with van der Waals surface area (Å²) in [5.41, 5.74) is 1.10. The zero-order valence-corrected chi connectivity index (χ0v) is 10.1. The van der Waals surface area contributed by atoms with Crippen LogP contribution < -0.4 is 0 Å². The van der Waals surface area contributed by atoms with Crippen molar-refractivity contribution < 1.29 is 0 Å². The van der Waals surface area contributed by atoms with Gasteiger partial charge in [0.1, 0.15) is 4.60 Å². The van der Waals surface area contributed by atoms with Crippen LogP contribution in [0.25, 0.3) is 16.2 Å². The number of aromatic nitrogens is 2. The summed E-state index contributed by atoms with van der Waals surface area (Å²) in [6, 6.07) is 10.2. The SMILES string of the molecule is Brc1nc(-c2cccs2)n2ccccc12. The van der Waals surface area contributed by atoms with Crippen molar-refractivity contribution in [3.63, 3.8) is 0 Å². The van der Waals surface area contributed by atoms with Gasteiger partial charge in [0.2, 0.25) is 0 Å². The van der Waals surface area contributed by atoms with Crippen molar-refractivity contribution in [2.45, 2.75) is 0 Å². The lowest BCUT2D eigenvalue weighted by Gasteiger charge is -1.96. The number of thiophene rings is 1. The Morgan fingerprint density at radius 3 is 2.93 bits per heavy atom. The summed E-state index contributed by atoms with van der Waals surface area (Å²) in [5.74, 6) is 0.993. The Hall–Kier alpha value is -1.13. The lowest BCUT2D eigenvalue weighted by atomic mass is 10.4. The van der Waals surface area contributed by atoms with Crippen molar-refractivity contribution in [2.75, 3.05) is 0 Å². The number of hydrogen-bond acceptors (Lipinski definition) is 2. The van der Waals surface area contributed by atoms with E-state index < -0.39 is 0 Å². The predicted molar refractivity (Wildman–Crippen MR) is 66.2 cm³/mol. The zero-order valence-electron chi connectivity index (χ0n) is 7.72. The fourth-order valence-electron chi connectivity index (χ4n) is 1.58. The van der Waals surface area contributed by atoms with Gasteiger partial charge in [0.25, 0.3) is 0 Å². The molecule has 0 unspecified atom stereocenters. The van der Waals surface area contributed by atoms with E-state index in [9.17, 15) is 0 Å². The van der Waals surface area contributed by atoms with Crippen LogP contribution in [-0.2, 0) is 0 Å². The summed E-state index contributed by atoms with van der Waals surface area (Å²) in [6.45, 7) is 0. The van der Waals surface area contributed by atoms with Crippen LogP contribution >= 0.6 is 27.3 Å². The van der Waals surface area contributed by atoms with E-state index in [1.54, 1.807) is 11.3 Å². The van der Waals surface area contributed by atoms with Crippen LogP contribution in [-0.4, -0.2) is 9.38 Å². The molecule has 0 aliphatic carbocycles. The molecule has 0 atom stereocenters. The average molecular weight is 279 g/mol. The molecule has 3 aromatic heterocycles. The van der Waals surface area contributed by atoms with Crippen LogP contribution in [0.5, 0.6) is 0 Å². The van der Waals surface area contributed by atoms with E-state index in [1.165, 1.54) is 4.88 Å². The van der Waals surface area contributed by atoms with Gasteiger partial charge in [-0.2, -0.15) is 0 Å². The molecule has 2 nitrogen and oxygen atoms in total. The maximum absolute atomic E-state index is 4.52. The number of hydrogen-bond donors (Lipinski definition) is 0. The van der Waals surface area contributed by atoms with Crippen molar-refractivity contribution in [3.8, 4) is 10.7 Å². The van der Waals surface area contributed by atoms with Crippen molar-refractivity contribution in [1.29, 1.82) is 0 Å². The molecule has 0 saturated heterocycles. The van der Waals surface area contributed by atoms with Gasteiger partial charge >= 0.3 is 0 Å². The first-order valence-corrected chi connectivity index (χ1v) is 6.20. The summed E-state index contributed by atoms with van der Waals surface area (Å²) in [4.78, 5) is 5.70. The van der Waals surface area contributed by atoms with Gasteiger partial charge in [0, 0.05) is 6.20 Å². The fraction of sp³-hybridized carbons (Fsp3) is 0. The summed E-state index contributed by atoms with van der Waals surface area (Å²) in [6.07, 6.45) is 2.03. The number of fused-ring (bicyclic) bond motifs is 1. The smallest absolute Gasteiger partial charge is 0.156 e. The minimum Gasteiger partial charge on any atom is -0.298 e. The topological polar surface area (TPSA) is 17.3 Å². The third-order valence-electron chi connectivity index (χ3n) is 2.25. The van der Waals surface area contributed by atoms with Crippen molar-refractivity contribution in [3.05, 3.63) is 46.5 Å². The van der Waals surface area contributed by atoms with Gasteiger partial charge in [-0.25, -0.2) is 4.98 Å². The second-order valence-corrected chi connectivity index (χ2v) is 4.86. The van der Waals surface area contributed by atoms with E-state index in [2.05, 4.69) is 36.8 Å². The van der Waals surface area contributed by atoms with Gasteiger partial charge in [-0.05, 0) is 39.5 Å². The Morgan fingerprint density at radius 2 is 2.13 bits per heavy atom. The van der Waals surface area contributed by atoms with E-state index in [0.29, 0.717) is 0 Å². The second kappa shape index (κ2) is 3.47. The fourth-order valence-corrected chi connectivity index (χ4v) is 2.78. The standard InChI is InChI=1S/C11H7BrN2S/c12-10-8-4-1-2-6-14(8)11(13-10)9-5-3-7-15-9/h1-7H. The summed E-state index contributed by atoms with van der Waals surface area (Å²) < 4.78 is 2.99. The minimum atomic E-state index is 0.895. The van der Waals surface area contributed by atoms with Gasteiger partial charge in [-0.1, -0.05) is 12.1 Å². The van der Waals surface area contributed by atoms with Gasteiger partial charge in [-0.15, -0.1) is 11.3 Å². The quantitative estimate of drug-likeness (QED) is 0.661. The molecule has 3 aromatic rings. The van der Waals surface area contributed by atoms with Gasteiger partial charge in [0.15, 0.2) is 5.82 Å². The van der Waals surface area contributed by atoms with Gasteiger partial charge < -0.3 is 0 Å². The molecular weight excluding hydrogens is 272 g/mol. The largest absolute Gasteiger partial charge is 0.298 e. The van der Waals surface area contributed by atoms with E-state index in [4.69, 9.17) is 0 Å². The molecule has 0 aromatic carbocycles. The van der Waals surface area contributed by atoms with Crippen molar-refractivity contribution in [1.82, 2.24) is 9.38 Å². The normalized spacial score (nSPS) is 11.0. The third-order valence-corrected chi connectivity index (χ3v) is 3.69. The lowest BCUT2D eigenvalue weighted by molar-refractivity contribution is 1.17. The molecule has 0 N–H and O–H groups in total. The first kappa shape index (κ1) is 9.12. The molecule has 0 saturated carbocycles. The number of nitrogens with zero attached hydrogens (tertiary/aromatic N) is 2. The van der Waals surface area contributed by atoms with E-state index >= 15 is 0 Å². The highest BCUT2D eigenvalue weighted by atomic mass is 79.9. The molecule has 4 heteroatoms. The van der Waals surface area contributed by atoms with Gasteiger partial charge in [-0.3, -0.25) is 4.40 Å². The van der Waals surface area contributed by atoms with Crippen LogP contribution in [0.2, 0.25) is 0 Å². The second-order valence-electron chi connectivity index (χ2n) is 3.16. The zero-order chi connectivity index (χ0) is 10.3. The summed E-state index contributed by atoms with van der Waals surface area (Å²) >= 11 is 5.18. The van der Waals surface area contributed by atoms with Gasteiger partial charge in [0.05, 0.1) is 10.4 Å². The molecular formula is C11H7BrN2S. The number of rotatable bonds is 1. The van der Waals surface area contributed by atoms with Crippen LogP contribution in [0.1, 0.15) is 0 Å². The number of halogens is 1. The molecule has 0 aliphatic heterocycles. The molecule has 0 spiro atoms. The lowest BCUT2D eigenvalue weighted by Crippen LogP contribution is -1.85. The summed E-state index contributed by atoms with van der Waals surface area (Å²) in [5, 5.41) is 2.06. The molecule has 0 fully saturated rings. The Morgan fingerprint density at radius 1 is 1.20 bits per heavy atom. The van der Waals surface area contributed by atoms with Crippen LogP contribution in [0.4, 0.5) is 0 Å². The van der Waals surface area contributed by atoms with E-state index in [1.807, 2.05) is 30.5 Å². The first-order valence-electron chi connectivity index (χ1n) is 4.53. The Bertz CT molecular complexity index is 598. The Labute approximate surface area is 99.3 Å². The number of imidazole rings is 1. The Balaban J connectivity index is 2.37. The average Bonchev–Trinajstić information content (AvgIpc) is 2.87. The minimum absolute atomic E-state index is 0.895. The molecule has 3 heterocycles. The van der Waals surface area contributed by atoms with Crippen LogP contribution in [0.15, 0.2) is 46.5 Å². The highest BCUT2D eigenvalue weighted by molar-refractivity contribution is 9.10. The highest BCUT2D eigenvalue weighted by Gasteiger charge is 2.10. The number of pyridine rings is 1. The van der Waals surface area contributed by atoms with E-state index in [0.717, 1.165) is 15.9 Å². The summed E-state index contributed by atoms with van der Waals surface area (Å²) in [7, 11) is 0. The third kappa shape index (κ3) is 1.41. The Kier molecular flexibility index (Phi) is 2.11. The van der Waals surface area contributed by atoms with Crippen LogP contribution in [0, 0.1) is 0 Å². The molecule has 74 valence electrons. The highest BCUT2D eigenvalue weighted by Crippen LogP contribution is 2.28. The maximum atomic E-state index is 4.52. The first-order chi connectivity index (χ1) is 7.36. The molecule has 0 radical (unpaired) electrons. The van der Waals surface area contributed by atoms with Crippen molar-refractivity contribution >= 4 is 32.8 Å². The molecule has 3 rings (SSSR count). The molecule has 0 amide bonds. The maximum Gasteiger partial charge on any atom is 0.156 e. The van der Waals surface area contributed by atoms with Crippen molar-refractivity contribution in [2.24, 2.45) is 0 Å². The monoisotopic (exact) mass is 278 g/mol. The van der Waals surface area contributed by atoms with Crippen LogP contribution in [0.3, 0.4) is 0 Å².